The molecule has 1 amide bonds. The molecule has 6 nitrogen and oxygen atoms in total. The van der Waals surface area contributed by atoms with Crippen LogP contribution in [0.25, 0.3) is 0 Å². The van der Waals surface area contributed by atoms with Crippen LogP contribution in [-0.4, -0.2) is 16.1 Å². The molecule has 0 unspecified atom stereocenters. The molecule has 0 radical (unpaired) electrons. The van der Waals surface area contributed by atoms with E-state index in [1.54, 1.807) is 0 Å². The largest absolute Gasteiger partial charge is 0.319 e. The van der Waals surface area contributed by atoms with Crippen LogP contribution in [-0.2, 0) is 0 Å². The first kappa shape index (κ1) is 12.0. The van der Waals surface area contributed by atoms with E-state index in [1.165, 1.54) is 12.4 Å². The number of hydrazine groups is 1. The van der Waals surface area contributed by atoms with Gasteiger partial charge in [-0.15, -0.1) is 0 Å². The van der Waals surface area contributed by atoms with Crippen molar-refractivity contribution in [3.05, 3.63) is 41.7 Å². The van der Waals surface area contributed by atoms with Crippen molar-refractivity contribution in [2.45, 2.75) is 0 Å². The Hall–Kier alpha value is -2.48. The van der Waals surface area contributed by atoms with Crippen LogP contribution < -0.4 is 16.6 Å². The fourth-order valence-corrected chi connectivity index (χ4v) is 1.36. The number of anilines is 2. The van der Waals surface area contributed by atoms with E-state index < -0.39 is 23.2 Å². The Labute approximate surface area is 100 Å². The Bertz CT molecular complexity index is 547. The number of nitrogen functional groups attached to an aromatic ring is 1. The molecule has 0 saturated heterocycles. The summed E-state index contributed by atoms with van der Waals surface area (Å²) < 4.78 is 26.7. The lowest BCUT2D eigenvalue weighted by Crippen LogP contribution is -2.15. The summed E-state index contributed by atoms with van der Waals surface area (Å²) in [7, 11) is 0. The van der Waals surface area contributed by atoms with Crippen LogP contribution in [0.5, 0.6) is 0 Å². The van der Waals surface area contributed by atoms with Crippen LogP contribution in [0.1, 0.15) is 10.4 Å². The van der Waals surface area contributed by atoms with E-state index in [-0.39, 0.29) is 5.56 Å². The Morgan fingerprint density at radius 3 is 2.50 bits per heavy atom. The second-order valence-corrected chi connectivity index (χ2v) is 3.40. The first-order valence-electron chi connectivity index (χ1n) is 4.87. The standard InChI is InChI=1S/C10H9F2N5O/c11-7-1-5(2-8(12)9(7)17-13)10(18)16-6-3-14-15-4-6/h1-4,17H,13H2,(H,14,15)(H,16,18). The van der Waals surface area contributed by atoms with Crippen LogP contribution >= 0.6 is 0 Å². The highest BCUT2D eigenvalue weighted by molar-refractivity contribution is 6.04. The maximum atomic E-state index is 13.4. The number of hydrogen-bond donors (Lipinski definition) is 4. The summed E-state index contributed by atoms with van der Waals surface area (Å²) in [5, 5.41) is 8.52. The summed E-state index contributed by atoms with van der Waals surface area (Å²) >= 11 is 0. The predicted octanol–water partition coefficient (Wildman–Crippen LogP) is 1.23. The molecule has 0 bridgehead atoms. The highest BCUT2D eigenvalue weighted by atomic mass is 19.1. The molecule has 1 aromatic carbocycles. The summed E-state index contributed by atoms with van der Waals surface area (Å²) in [5.74, 6) is 2.39. The minimum Gasteiger partial charge on any atom is -0.319 e. The number of halogens is 2. The average molecular weight is 253 g/mol. The zero-order valence-electron chi connectivity index (χ0n) is 9.00. The van der Waals surface area contributed by atoms with Crippen molar-refractivity contribution < 1.29 is 13.6 Å². The number of hydrogen-bond acceptors (Lipinski definition) is 4. The summed E-state index contributed by atoms with van der Waals surface area (Å²) in [4.78, 5) is 11.7. The number of carbonyl (C=O) groups excluding carboxylic acids is 1. The van der Waals surface area contributed by atoms with E-state index in [0.29, 0.717) is 5.69 Å². The number of H-pyrrole nitrogens is 1. The van der Waals surface area contributed by atoms with Gasteiger partial charge in [0, 0.05) is 11.8 Å². The van der Waals surface area contributed by atoms with E-state index in [9.17, 15) is 13.6 Å². The molecule has 2 aromatic rings. The smallest absolute Gasteiger partial charge is 0.255 e. The van der Waals surface area contributed by atoms with Gasteiger partial charge in [-0.05, 0) is 12.1 Å². The molecule has 2 rings (SSSR count). The Morgan fingerprint density at radius 2 is 2.00 bits per heavy atom. The van der Waals surface area contributed by atoms with Gasteiger partial charge in [0.15, 0.2) is 11.6 Å². The molecular formula is C10H9F2N5O. The molecule has 1 heterocycles. The number of carbonyl (C=O) groups is 1. The number of nitrogens with two attached hydrogens (primary N) is 1. The third-order valence-electron chi connectivity index (χ3n) is 2.20. The molecule has 0 aliphatic heterocycles. The summed E-state index contributed by atoms with van der Waals surface area (Å²) in [6.45, 7) is 0. The molecule has 5 N–H and O–H groups in total. The van der Waals surface area contributed by atoms with Crippen molar-refractivity contribution in [2.24, 2.45) is 5.84 Å². The Kier molecular flexibility index (Phi) is 3.20. The van der Waals surface area contributed by atoms with Gasteiger partial charge in [-0.1, -0.05) is 0 Å². The zero-order chi connectivity index (χ0) is 13.1. The summed E-state index contributed by atoms with van der Waals surface area (Å²) in [5.41, 5.74) is 1.62. The Balaban J connectivity index is 2.26. The highest BCUT2D eigenvalue weighted by Crippen LogP contribution is 2.20. The Morgan fingerprint density at radius 1 is 1.33 bits per heavy atom. The van der Waals surface area contributed by atoms with Gasteiger partial charge < -0.3 is 10.7 Å². The van der Waals surface area contributed by atoms with Crippen LogP contribution in [0, 0.1) is 11.6 Å². The first-order valence-corrected chi connectivity index (χ1v) is 4.87. The molecule has 0 saturated carbocycles. The van der Waals surface area contributed by atoms with Gasteiger partial charge in [0.05, 0.1) is 11.9 Å². The molecule has 0 atom stereocenters. The average Bonchev–Trinajstić information content (AvgIpc) is 2.81. The number of rotatable bonds is 3. The number of benzene rings is 1. The molecule has 1 aromatic heterocycles. The molecule has 0 aliphatic rings. The van der Waals surface area contributed by atoms with Gasteiger partial charge in [0.25, 0.3) is 5.91 Å². The quantitative estimate of drug-likeness (QED) is 0.488. The third-order valence-corrected chi connectivity index (χ3v) is 2.20. The van der Waals surface area contributed by atoms with Gasteiger partial charge in [0.1, 0.15) is 5.69 Å². The zero-order valence-corrected chi connectivity index (χ0v) is 9.00. The fourth-order valence-electron chi connectivity index (χ4n) is 1.36. The van der Waals surface area contributed by atoms with E-state index in [0.717, 1.165) is 12.1 Å². The number of nitrogens with zero attached hydrogens (tertiary/aromatic N) is 1. The topological polar surface area (TPSA) is 95.8 Å². The van der Waals surface area contributed by atoms with Crippen LogP contribution in [0.15, 0.2) is 24.5 Å². The predicted molar refractivity (Wildman–Crippen MR) is 60.7 cm³/mol. The number of amides is 1. The minimum absolute atomic E-state index is 0.162. The van der Waals surface area contributed by atoms with Gasteiger partial charge in [-0.25, -0.2) is 8.78 Å². The number of aromatic nitrogens is 2. The lowest BCUT2D eigenvalue weighted by molar-refractivity contribution is 0.102. The SMILES string of the molecule is NNc1c(F)cc(C(=O)Nc2cn[nH]c2)cc1F. The van der Waals surface area contributed by atoms with Gasteiger partial charge in [-0.2, -0.15) is 5.10 Å². The van der Waals surface area contributed by atoms with Gasteiger partial charge in [0.2, 0.25) is 0 Å². The second kappa shape index (κ2) is 4.80. The van der Waals surface area contributed by atoms with Gasteiger partial charge in [-0.3, -0.25) is 15.7 Å². The van der Waals surface area contributed by atoms with E-state index in [2.05, 4.69) is 15.5 Å². The van der Waals surface area contributed by atoms with Crippen molar-refractivity contribution in [2.75, 3.05) is 10.7 Å². The summed E-state index contributed by atoms with van der Waals surface area (Å²) in [6, 6.07) is 1.77. The first-order chi connectivity index (χ1) is 8.61. The van der Waals surface area contributed by atoms with Crippen molar-refractivity contribution in [3.8, 4) is 0 Å². The molecule has 94 valence electrons. The molecule has 0 spiro atoms. The third kappa shape index (κ3) is 2.28. The number of nitrogens with one attached hydrogen (secondary N) is 3. The minimum atomic E-state index is -0.949. The normalized spacial score (nSPS) is 10.2. The van der Waals surface area contributed by atoms with E-state index >= 15 is 0 Å². The van der Waals surface area contributed by atoms with Gasteiger partial charge >= 0.3 is 0 Å². The molecular weight excluding hydrogens is 244 g/mol. The fraction of sp³-hybridized carbons (Fsp3) is 0. The van der Waals surface area contributed by atoms with Crippen molar-refractivity contribution in [1.82, 2.24) is 10.2 Å². The van der Waals surface area contributed by atoms with E-state index in [4.69, 9.17) is 5.84 Å². The van der Waals surface area contributed by atoms with Crippen molar-refractivity contribution in [1.29, 1.82) is 0 Å². The van der Waals surface area contributed by atoms with Crippen LogP contribution in [0.2, 0.25) is 0 Å². The second-order valence-electron chi connectivity index (χ2n) is 3.40. The number of aromatic amines is 1. The maximum Gasteiger partial charge on any atom is 0.255 e. The summed E-state index contributed by atoms with van der Waals surface area (Å²) in [6.07, 6.45) is 2.79. The molecule has 8 heteroatoms. The maximum absolute atomic E-state index is 13.4. The molecule has 18 heavy (non-hydrogen) atoms. The molecule has 0 fully saturated rings. The van der Waals surface area contributed by atoms with Crippen LogP contribution in [0.3, 0.4) is 0 Å². The lowest BCUT2D eigenvalue weighted by atomic mass is 10.1. The highest BCUT2D eigenvalue weighted by Gasteiger charge is 2.14. The molecule has 0 aliphatic carbocycles. The monoisotopic (exact) mass is 253 g/mol. The van der Waals surface area contributed by atoms with Crippen molar-refractivity contribution in [3.63, 3.8) is 0 Å². The van der Waals surface area contributed by atoms with E-state index in [1.807, 2.05) is 5.43 Å². The van der Waals surface area contributed by atoms with Crippen LogP contribution in [0.4, 0.5) is 20.2 Å². The lowest BCUT2D eigenvalue weighted by Gasteiger charge is -2.07. The van der Waals surface area contributed by atoms with Crippen molar-refractivity contribution >= 4 is 17.3 Å².